The number of piperidine rings is 1. The predicted molar refractivity (Wildman–Crippen MR) is 96.9 cm³/mol. The quantitative estimate of drug-likeness (QED) is 0.852. The van der Waals surface area contributed by atoms with Crippen molar-refractivity contribution < 1.29 is 14.3 Å². The number of nitrogens with zero attached hydrogens (tertiary/aromatic N) is 4. The van der Waals surface area contributed by atoms with Gasteiger partial charge < -0.3 is 15.0 Å². The lowest BCUT2D eigenvalue weighted by Gasteiger charge is -2.33. The van der Waals surface area contributed by atoms with Crippen molar-refractivity contribution in [3.8, 4) is 0 Å². The zero-order valence-corrected chi connectivity index (χ0v) is 15.3. The van der Waals surface area contributed by atoms with E-state index < -0.39 is 12.1 Å². The number of carbonyl (C=O) groups is 2. The summed E-state index contributed by atoms with van der Waals surface area (Å²) >= 11 is 0. The van der Waals surface area contributed by atoms with Gasteiger partial charge in [-0.05, 0) is 32.1 Å². The molecule has 2 amide bonds. The topological polar surface area (TPSA) is 87.7 Å². The molecule has 3 heterocycles. The third kappa shape index (κ3) is 4.42. The molecule has 0 bridgehead atoms. The average Bonchev–Trinajstić information content (AvgIpc) is 3.22. The number of anilines is 1. The van der Waals surface area contributed by atoms with Gasteiger partial charge in [-0.3, -0.25) is 9.69 Å². The molecule has 0 aliphatic carbocycles. The van der Waals surface area contributed by atoms with E-state index in [1.54, 1.807) is 6.33 Å². The lowest BCUT2D eigenvalue weighted by atomic mass is 10.0. The fourth-order valence-electron chi connectivity index (χ4n) is 3.61. The number of methoxy groups -OCH3 is 1. The standard InChI is InChI=1S/C18H27N5O3/c1-26-18(25)23-11-3-2-6-15(23)17(24)19-8-7-14-12-16(21-13-20-14)22-9-4-5-10-22/h12-13,15H,2-11H2,1H3,(H,19,24). The molecule has 142 valence electrons. The molecular weight excluding hydrogens is 334 g/mol. The summed E-state index contributed by atoms with van der Waals surface area (Å²) in [5, 5.41) is 2.94. The molecule has 0 spiro atoms. The lowest BCUT2D eigenvalue weighted by Crippen LogP contribution is -2.52. The monoisotopic (exact) mass is 361 g/mol. The van der Waals surface area contributed by atoms with Crippen LogP contribution in [-0.4, -0.2) is 66.2 Å². The first-order valence-electron chi connectivity index (χ1n) is 9.37. The smallest absolute Gasteiger partial charge is 0.410 e. The van der Waals surface area contributed by atoms with E-state index in [0.717, 1.165) is 37.4 Å². The zero-order valence-electron chi connectivity index (χ0n) is 15.3. The van der Waals surface area contributed by atoms with Crippen LogP contribution in [0.2, 0.25) is 0 Å². The van der Waals surface area contributed by atoms with Crippen molar-refractivity contribution in [3.63, 3.8) is 0 Å². The average molecular weight is 361 g/mol. The van der Waals surface area contributed by atoms with Gasteiger partial charge in [-0.15, -0.1) is 0 Å². The Bertz CT molecular complexity index is 633. The fourth-order valence-corrected chi connectivity index (χ4v) is 3.61. The Morgan fingerprint density at radius 2 is 1.96 bits per heavy atom. The van der Waals surface area contributed by atoms with E-state index in [2.05, 4.69) is 20.2 Å². The number of hydrogen-bond donors (Lipinski definition) is 1. The van der Waals surface area contributed by atoms with Crippen LogP contribution in [0.25, 0.3) is 0 Å². The molecule has 0 aromatic carbocycles. The van der Waals surface area contributed by atoms with E-state index in [0.29, 0.717) is 25.9 Å². The predicted octanol–water partition coefficient (Wildman–Crippen LogP) is 1.36. The van der Waals surface area contributed by atoms with Gasteiger partial charge in [0.05, 0.1) is 7.11 Å². The molecule has 0 saturated carbocycles. The second-order valence-electron chi connectivity index (χ2n) is 6.78. The third-order valence-electron chi connectivity index (χ3n) is 5.03. The molecule has 3 rings (SSSR count). The Kier molecular flexibility index (Phi) is 6.25. The van der Waals surface area contributed by atoms with Crippen LogP contribution in [0.3, 0.4) is 0 Å². The SMILES string of the molecule is COC(=O)N1CCCCC1C(=O)NCCc1cc(N2CCCC2)ncn1. The van der Waals surface area contributed by atoms with Gasteiger partial charge in [0.2, 0.25) is 5.91 Å². The van der Waals surface area contributed by atoms with Crippen molar-refractivity contribution in [1.29, 1.82) is 0 Å². The Morgan fingerprint density at radius 1 is 1.19 bits per heavy atom. The van der Waals surface area contributed by atoms with Crippen molar-refractivity contribution in [2.24, 2.45) is 0 Å². The summed E-state index contributed by atoms with van der Waals surface area (Å²) in [6, 6.07) is 1.56. The van der Waals surface area contributed by atoms with Crippen molar-refractivity contribution in [2.45, 2.75) is 44.6 Å². The van der Waals surface area contributed by atoms with Gasteiger partial charge in [-0.25, -0.2) is 14.8 Å². The molecule has 2 fully saturated rings. The van der Waals surface area contributed by atoms with Crippen molar-refractivity contribution >= 4 is 17.8 Å². The van der Waals surface area contributed by atoms with Gasteiger partial charge >= 0.3 is 6.09 Å². The Labute approximate surface area is 153 Å². The van der Waals surface area contributed by atoms with Crippen molar-refractivity contribution in [1.82, 2.24) is 20.2 Å². The molecule has 2 aliphatic heterocycles. The Morgan fingerprint density at radius 3 is 2.73 bits per heavy atom. The molecular formula is C18H27N5O3. The number of hydrogen-bond acceptors (Lipinski definition) is 6. The van der Waals surface area contributed by atoms with Crippen molar-refractivity contribution in [2.75, 3.05) is 38.2 Å². The minimum absolute atomic E-state index is 0.121. The molecule has 1 aromatic heterocycles. The second kappa shape index (κ2) is 8.82. The highest BCUT2D eigenvalue weighted by Gasteiger charge is 2.32. The molecule has 1 unspecified atom stereocenters. The van der Waals surface area contributed by atoms with E-state index >= 15 is 0 Å². The summed E-state index contributed by atoms with van der Waals surface area (Å²) in [5.41, 5.74) is 0.913. The number of carbonyl (C=O) groups excluding carboxylic acids is 2. The van der Waals surface area contributed by atoms with Crippen LogP contribution in [0.4, 0.5) is 10.6 Å². The number of rotatable bonds is 5. The largest absolute Gasteiger partial charge is 0.453 e. The maximum atomic E-state index is 12.5. The first kappa shape index (κ1) is 18.4. The maximum absolute atomic E-state index is 12.5. The summed E-state index contributed by atoms with van der Waals surface area (Å²) in [7, 11) is 1.35. The van der Waals surface area contributed by atoms with Crippen LogP contribution in [0, 0.1) is 0 Å². The fraction of sp³-hybridized carbons (Fsp3) is 0.667. The number of amides is 2. The molecule has 26 heavy (non-hydrogen) atoms. The minimum Gasteiger partial charge on any atom is -0.453 e. The Balaban J connectivity index is 1.51. The van der Waals surface area contributed by atoms with Crippen LogP contribution in [0.1, 0.15) is 37.8 Å². The first-order valence-corrected chi connectivity index (χ1v) is 9.37. The molecule has 1 N–H and O–H groups in total. The first-order chi connectivity index (χ1) is 12.7. The van der Waals surface area contributed by atoms with Gasteiger partial charge in [0.1, 0.15) is 18.2 Å². The highest BCUT2D eigenvalue weighted by molar-refractivity contribution is 5.85. The van der Waals surface area contributed by atoms with Crippen molar-refractivity contribution in [3.05, 3.63) is 18.1 Å². The van der Waals surface area contributed by atoms with Gasteiger partial charge in [-0.2, -0.15) is 0 Å². The summed E-state index contributed by atoms with van der Waals surface area (Å²) < 4.78 is 4.79. The zero-order chi connectivity index (χ0) is 18.4. The second-order valence-corrected chi connectivity index (χ2v) is 6.78. The number of aromatic nitrogens is 2. The molecule has 2 aliphatic rings. The lowest BCUT2D eigenvalue weighted by molar-refractivity contribution is -0.126. The summed E-state index contributed by atoms with van der Waals surface area (Å²) in [6.45, 7) is 3.13. The van der Waals surface area contributed by atoms with Crippen LogP contribution in [0.5, 0.6) is 0 Å². The number of nitrogens with one attached hydrogen (secondary N) is 1. The van der Waals surface area contributed by atoms with Gasteiger partial charge in [0.15, 0.2) is 0 Å². The van der Waals surface area contributed by atoms with Gasteiger partial charge in [0, 0.05) is 44.4 Å². The minimum atomic E-state index is -0.443. The summed E-state index contributed by atoms with van der Waals surface area (Å²) in [4.78, 5) is 36.8. The highest BCUT2D eigenvalue weighted by Crippen LogP contribution is 2.19. The van der Waals surface area contributed by atoms with E-state index in [4.69, 9.17) is 4.74 Å². The number of likely N-dealkylation sites (tertiary alicyclic amines) is 1. The normalized spacial score (nSPS) is 20.1. The summed E-state index contributed by atoms with van der Waals surface area (Å²) in [5.74, 6) is 0.840. The van der Waals surface area contributed by atoms with Crippen LogP contribution in [-0.2, 0) is 16.0 Å². The van der Waals surface area contributed by atoms with Crippen LogP contribution in [0.15, 0.2) is 12.4 Å². The van der Waals surface area contributed by atoms with Gasteiger partial charge in [0.25, 0.3) is 0 Å². The van der Waals surface area contributed by atoms with E-state index in [1.165, 1.54) is 24.9 Å². The Hall–Kier alpha value is -2.38. The molecule has 1 aromatic rings. The molecule has 1 atom stereocenters. The number of ether oxygens (including phenoxy) is 1. The van der Waals surface area contributed by atoms with Crippen LogP contribution >= 0.6 is 0 Å². The summed E-state index contributed by atoms with van der Waals surface area (Å²) in [6.07, 6.45) is 6.71. The van der Waals surface area contributed by atoms with E-state index in [-0.39, 0.29) is 5.91 Å². The van der Waals surface area contributed by atoms with E-state index in [9.17, 15) is 9.59 Å². The molecule has 0 radical (unpaired) electrons. The molecule has 2 saturated heterocycles. The van der Waals surface area contributed by atoms with Crippen LogP contribution < -0.4 is 10.2 Å². The van der Waals surface area contributed by atoms with E-state index in [1.807, 2.05) is 6.07 Å². The molecule has 8 heteroatoms. The van der Waals surface area contributed by atoms with Gasteiger partial charge in [-0.1, -0.05) is 0 Å². The highest BCUT2D eigenvalue weighted by atomic mass is 16.5. The molecule has 8 nitrogen and oxygen atoms in total. The maximum Gasteiger partial charge on any atom is 0.410 e. The third-order valence-corrected chi connectivity index (χ3v) is 5.03.